The molecule has 2 atom stereocenters. The monoisotopic (exact) mass is 225 g/mol. The summed E-state index contributed by atoms with van der Waals surface area (Å²) in [6.07, 6.45) is 7.35. The van der Waals surface area contributed by atoms with Gasteiger partial charge in [-0.05, 0) is 45.1 Å². The summed E-state index contributed by atoms with van der Waals surface area (Å²) < 4.78 is 0. The molecule has 0 aromatic carbocycles. The summed E-state index contributed by atoms with van der Waals surface area (Å²) in [5, 5.41) is 3.64. The fraction of sp³-hybridized carbons (Fsp3) is 1.00. The second-order valence-corrected chi connectivity index (χ2v) is 6.87. The molecule has 0 spiro atoms. The lowest BCUT2D eigenvalue weighted by Crippen LogP contribution is -2.40. The third-order valence-electron chi connectivity index (χ3n) is 4.25. The molecule has 0 amide bonds. The van der Waals surface area contributed by atoms with Gasteiger partial charge in [0.25, 0.3) is 0 Å². The molecule has 1 nitrogen and oxygen atoms in total. The van der Waals surface area contributed by atoms with E-state index in [-0.39, 0.29) is 5.54 Å². The SMILES string of the molecule is CC(CNC(C)(C)C)C(C)C1CCCCC1. The minimum atomic E-state index is 0.264. The van der Waals surface area contributed by atoms with Gasteiger partial charge < -0.3 is 5.32 Å². The first-order chi connectivity index (χ1) is 7.40. The predicted molar refractivity (Wildman–Crippen MR) is 72.7 cm³/mol. The molecule has 0 aromatic heterocycles. The van der Waals surface area contributed by atoms with E-state index in [9.17, 15) is 0 Å². The summed E-state index contributed by atoms with van der Waals surface area (Å²) in [5.41, 5.74) is 0.264. The van der Waals surface area contributed by atoms with E-state index in [2.05, 4.69) is 39.9 Å². The molecule has 0 aliphatic heterocycles. The van der Waals surface area contributed by atoms with Gasteiger partial charge in [0.1, 0.15) is 0 Å². The zero-order chi connectivity index (χ0) is 12.2. The van der Waals surface area contributed by atoms with Crippen LogP contribution >= 0.6 is 0 Å². The van der Waals surface area contributed by atoms with Crippen LogP contribution in [0.15, 0.2) is 0 Å². The molecule has 0 aromatic rings. The van der Waals surface area contributed by atoms with Crippen LogP contribution in [0.1, 0.15) is 66.7 Å². The summed E-state index contributed by atoms with van der Waals surface area (Å²) in [6, 6.07) is 0. The molecule has 16 heavy (non-hydrogen) atoms. The minimum Gasteiger partial charge on any atom is -0.312 e. The topological polar surface area (TPSA) is 12.0 Å². The highest BCUT2D eigenvalue weighted by Gasteiger charge is 2.25. The van der Waals surface area contributed by atoms with Crippen LogP contribution in [0.5, 0.6) is 0 Å². The first kappa shape index (κ1) is 14.0. The maximum Gasteiger partial charge on any atom is 0.00966 e. The molecule has 1 N–H and O–H groups in total. The Morgan fingerprint density at radius 2 is 1.62 bits per heavy atom. The molecule has 1 aliphatic rings. The van der Waals surface area contributed by atoms with Crippen molar-refractivity contribution in [3.63, 3.8) is 0 Å². The van der Waals surface area contributed by atoms with Crippen LogP contribution in [0, 0.1) is 17.8 Å². The zero-order valence-electron chi connectivity index (χ0n) is 12.0. The molecule has 2 unspecified atom stereocenters. The average Bonchev–Trinajstić information content (AvgIpc) is 2.25. The van der Waals surface area contributed by atoms with Crippen molar-refractivity contribution in [1.29, 1.82) is 0 Å². The van der Waals surface area contributed by atoms with E-state index < -0.39 is 0 Å². The van der Waals surface area contributed by atoms with Gasteiger partial charge in [-0.2, -0.15) is 0 Å². The highest BCUT2D eigenvalue weighted by atomic mass is 14.9. The van der Waals surface area contributed by atoms with Crippen LogP contribution in [0.4, 0.5) is 0 Å². The molecular weight excluding hydrogens is 194 g/mol. The highest BCUT2D eigenvalue weighted by Crippen LogP contribution is 2.33. The normalized spacial score (nSPS) is 23.1. The van der Waals surface area contributed by atoms with Crippen molar-refractivity contribution in [2.45, 2.75) is 72.3 Å². The second-order valence-electron chi connectivity index (χ2n) is 6.87. The summed E-state index contributed by atoms with van der Waals surface area (Å²) in [4.78, 5) is 0. The van der Waals surface area contributed by atoms with E-state index in [1.807, 2.05) is 0 Å². The van der Waals surface area contributed by atoms with Gasteiger partial charge in [-0.1, -0.05) is 46.0 Å². The Kier molecular flexibility index (Phi) is 5.30. The molecule has 0 radical (unpaired) electrons. The van der Waals surface area contributed by atoms with Gasteiger partial charge in [-0.3, -0.25) is 0 Å². The second kappa shape index (κ2) is 6.05. The minimum absolute atomic E-state index is 0.264. The van der Waals surface area contributed by atoms with Gasteiger partial charge in [0, 0.05) is 5.54 Å². The first-order valence-corrected chi connectivity index (χ1v) is 7.15. The van der Waals surface area contributed by atoms with Gasteiger partial charge in [0.15, 0.2) is 0 Å². The Morgan fingerprint density at radius 1 is 1.06 bits per heavy atom. The van der Waals surface area contributed by atoms with Crippen LogP contribution in [0.25, 0.3) is 0 Å². The van der Waals surface area contributed by atoms with Crippen LogP contribution in [0.2, 0.25) is 0 Å². The van der Waals surface area contributed by atoms with Crippen molar-refractivity contribution < 1.29 is 0 Å². The van der Waals surface area contributed by atoms with Crippen molar-refractivity contribution in [1.82, 2.24) is 5.32 Å². The third-order valence-corrected chi connectivity index (χ3v) is 4.25. The molecular formula is C15H31N. The molecule has 1 fully saturated rings. The van der Waals surface area contributed by atoms with E-state index in [1.54, 1.807) is 0 Å². The van der Waals surface area contributed by atoms with E-state index >= 15 is 0 Å². The van der Waals surface area contributed by atoms with Crippen LogP contribution in [-0.4, -0.2) is 12.1 Å². The zero-order valence-corrected chi connectivity index (χ0v) is 12.0. The first-order valence-electron chi connectivity index (χ1n) is 7.15. The molecule has 1 rings (SSSR count). The smallest absolute Gasteiger partial charge is 0.00966 e. The van der Waals surface area contributed by atoms with E-state index in [0.717, 1.165) is 17.8 Å². The van der Waals surface area contributed by atoms with Crippen molar-refractivity contribution in [3.8, 4) is 0 Å². The van der Waals surface area contributed by atoms with Gasteiger partial charge >= 0.3 is 0 Å². The predicted octanol–water partition coefficient (Wildman–Crippen LogP) is 4.23. The summed E-state index contributed by atoms with van der Waals surface area (Å²) in [5.74, 6) is 2.68. The van der Waals surface area contributed by atoms with Gasteiger partial charge in [0.2, 0.25) is 0 Å². The number of hydrogen-bond acceptors (Lipinski definition) is 1. The van der Waals surface area contributed by atoms with Crippen molar-refractivity contribution in [2.24, 2.45) is 17.8 Å². The van der Waals surface area contributed by atoms with E-state index in [4.69, 9.17) is 0 Å². The molecule has 0 saturated heterocycles. The van der Waals surface area contributed by atoms with Crippen LogP contribution in [0.3, 0.4) is 0 Å². The quantitative estimate of drug-likeness (QED) is 0.755. The summed E-state index contributed by atoms with van der Waals surface area (Å²) in [6.45, 7) is 12.8. The number of hydrogen-bond donors (Lipinski definition) is 1. The van der Waals surface area contributed by atoms with E-state index in [0.29, 0.717) is 0 Å². The van der Waals surface area contributed by atoms with Crippen molar-refractivity contribution in [3.05, 3.63) is 0 Å². The van der Waals surface area contributed by atoms with Gasteiger partial charge in [-0.25, -0.2) is 0 Å². The lowest BCUT2D eigenvalue weighted by Gasteiger charge is -2.33. The van der Waals surface area contributed by atoms with Crippen molar-refractivity contribution in [2.75, 3.05) is 6.54 Å². The molecule has 1 aliphatic carbocycles. The van der Waals surface area contributed by atoms with Gasteiger partial charge in [0.05, 0.1) is 0 Å². The third kappa shape index (κ3) is 4.86. The average molecular weight is 225 g/mol. The Hall–Kier alpha value is -0.0400. The summed E-state index contributed by atoms with van der Waals surface area (Å²) in [7, 11) is 0. The molecule has 0 bridgehead atoms. The molecule has 96 valence electrons. The Morgan fingerprint density at radius 3 is 2.12 bits per heavy atom. The number of rotatable bonds is 4. The Bertz CT molecular complexity index is 186. The summed E-state index contributed by atoms with van der Waals surface area (Å²) >= 11 is 0. The van der Waals surface area contributed by atoms with Crippen LogP contribution in [-0.2, 0) is 0 Å². The van der Waals surface area contributed by atoms with Crippen LogP contribution < -0.4 is 5.32 Å². The Balaban J connectivity index is 2.31. The Labute approximate surface area is 102 Å². The maximum atomic E-state index is 3.64. The maximum absolute atomic E-state index is 3.64. The van der Waals surface area contributed by atoms with E-state index in [1.165, 1.54) is 38.6 Å². The lowest BCUT2D eigenvalue weighted by molar-refractivity contribution is 0.193. The number of nitrogens with one attached hydrogen (secondary N) is 1. The lowest BCUT2D eigenvalue weighted by atomic mass is 9.75. The highest BCUT2D eigenvalue weighted by molar-refractivity contribution is 4.78. The molecule has 0 heterocycles. The van der Waals surface area contributed by atoms with Crippen molar-refractivity contribution >= 4 is 0 Å². The fourth-order valence-electron chi connectivity index (χ4n) is 2.78. The molecule has 1 heteroatoms. The fourth-order valence-corrected chi connectivity index (χ4v) is 2.78. The standard InChI is InChI=1S/C15H31N/c1-12(11-16-15(3,4)5)13(2)14-9-7-6-8-10-14/h12-14,16H,6-11H2,1-5H3. The molecule has 1 saturated carbocycles. The van der Waals surface area contributed by atoms with Gasteiger partial charge in [-0.15, -0.1) is 0 Å². The largest absolute Gasteiger partial charge is 0.312 e.